The molecule has 2 heterocycles. The van der Waals surface area contributed by atoms with Gasteiger partial charge in [-0.05, 0) is 78.6 Å². The number of allylic oxidation sites excluding steroid dienone is 4. The van der Waals surface area contributed by atoms with E-state index in [-0.39, 0.29) is 50.2 Å². The van der Waals surface area contributed by atoms with Crippen molar-refractivity contribution in [2.45, 2.75) is 44.9 Å². The highest BCUT2D eigenvalue weighted by molar-refractivity contribution is 7.26. The largest absolute Gasteiger partial charge is 0.287 e. The number of carbonyl (C=O) groups excluding carboxylic acids is 2. The first-order valence-electron chi connectivity index (χ1n) is 16.4. The molecule has 2 aromatic carbocycles. The van der Waals surface area contributed by atoms with Crippen LogP contribution in [0.1, 0.15) is 82.5 Å². The molecule has 0 saturated heterocycles. The third kappa shape index (κ3) is 4.95. The summed E-state index contributed by atoms with van der Waals surface area (Å²) in [6.07, 6.45) is 3.15. The van der Waals surface area contributed by atoms with Crippen molar-refractivity contribution in [2.24, 2.45) is 15.4 Å². The number of benzene rings is 2. The van der Waals surface area contributed by atoms with Gasteiger partial charge in [-0.3, -0.25) is 9.59 Å². The van der Waals surface area contributed by atoms with Gasteiger partial charge in [0.25, 0.3) is 0 Å². The summed E-state index contributed by atoms with van der Waals surface area (Å²) in [4.78, 5) is 38.0. The molecule has 0 N–H and O–H groups in total. The Morgan fingerprint density at radius 2 is 0.944 bits per heavy atom. The van der Waals surface area contributed by atoms with Crippen LogP contribution in [0.15, 0.2) is 57.5 Å². The van der Waals surface area contributed by atoms with E-state index in [4.69, 9.17) is 0 Å². The number of ketones is 2. The molecule has 0 amide bonds. The van der Waals surface area contributed by atoms with Crippen LogP contribution in [0.3, 0.4) is 0 Å². The number of fused-ring (bicyclic) bond motifs is 7. The van der Waals surface area contributed by atoms with Crippen LogP contribution in [-0.2, 0) is 5.41 Å². The van der Waals surface area contributed by atoms with E-state index in [1.165, 1.54) is 22.7 Å². The quantitative estimate of drug-likeness (QED) is 0.147. The smallest absolute Gasteiger partial charge is 0.212 e. The van der Waals surface area contributed by atoms with E-state index in [1.54, 1.807) is 24.3 Å². The van der Waals surface area contributed by atoms with E-state index in [9.17, 15) is 48.2 Å². The van der Waals surface area contributed by atoms with Gasteiger partial charge in [-0.25, -0.2) is 27.5 Å². The van der Waals surface area contributed by atoms with E-state index < -0.39 is 51.4 Å². The Kier molecular flexibility index (Phi) is 7.79. The highest BCUT2D eigenvalue weighted by atomic mass is 32.1. The van der Waals surface area contributed by atoms with Gasteiger partial charge in [-0.15, -0.1) is 22.7 Å². The molecule has 4 aromatic rings. The Hall–Kier alpha value is -6.32. The van der Waals surface area contributed by atoms with Crippen molar-refractivity contribution in [1.29, 1.82) is 21.0 Å². The van der Waals surface area contributed by atoms with Crippen LogP contribution < -0.4 is 0 Å². The van der Waals surface area contributed by atoms with Gasteiger partial charge >= 0.3 is 0 Å². The molecule has 0 unspecified atom stereocenters. The minimum Gasteiger partial charge on any atom is -0.287 e. The van der Waals surface area contributed by atoms with Crippen molar-refractivity contribution in [3.05, 3.63) is 104 Å². The molecule has 0 atom stereocenters. The molecule has 1 spiro atoms. The van der Waals surface area contributed by atoms with Gasteiger partial charge in [0.2, 0.25) is 11.6 Å². The summed E-state index contributed by atoms with van der Waals surface area (Å²) < 4.78 is 57.2. The van der Waals surface area contributed by atoms with Crippen LogP contribution in [-0.4, -0.2) is 23.0 Å². The maximum atomic E-state index is 14.4. The zero-order valence-electron chi connectivity index (χ0n) is 28.1. The summed E-state index contributed by atoms with van der Waals surface area (Å²) in [6.45, 7) is 4.37. The predicted molar refractivity (Wildman–Crippen MR) is 193 cm³/mol. The molecule has 54 heavy (non-hydrogen) atoms. The number of hydrogen-bond acceptors (Lipinski definition) is 10. The predicted octanol–water partition coefficient (Wildman–Crippen LogP) is 9.77. The molecule has 8 rings (SSSR count). The molecule has 1 saturated carbocycles. The lowest BCUT2D eigenvalue weighted by atomic mass is 9.62. The third-order valence-electron chi connectivity index (χ3n) is 10.6. The monoisotopic (exact) mass is 756 g/mol. The maximum absolute atomic E-state index is 14.4. The number of nitriles is 4. The first-order valence-corrected chi connectivity index (χ1v) is 18.0. The standard InChI is InChI=1S/C40H20F4N6O2S2/c1-39(2)3-5-40(6-4-39)23-11-29(49-33-31(17(13-45)14-46)19-7-25(41)27(43)9-21(19)35(33)51)53-37(23)38-24(40)12-30(54-38)50-34-32(18(15-47)16-48)20-8-26(42)28(44)10-22(20)36(34)52/h7-12H,3-6H2,1-2H3. The minimum atomic E-state index is -1.26. The molecule has 1 fully saturated rings. The first-order chi connectivity index (χ1) is 25.7. The van der Waals surface area contributed by atoms with E-state index in [0.29, 0.717) is 10.0 Å². The molecule has 0 radical (unpaired) electrons. The molecule has 0 aliphatic heterocycles. The molecular weight excluding hydrogens is 737 g/mol. The first kappa shape index (κ1) is 34.7. The van der Waals surface area contributed by atoms with Crippen molar-refractivity contribution in [3.8, 4) is 34.0 Å². The van der Waals surface area contributed by atoms with Gasteiger partial charge in [0, 0.05) is 38.8 Å². The number of nitrogens with zero attached hydrogens (tertiary/aromatic N) is 6. The maximum Gasteiger partial charge on any atom is 0.212 e. The number of Topliss-reactive ketones (excluding diaryl/α,β-unsaturated/α-hetero) is 2. The molecule has 4 aliphatic rings. The lowest BCUT2D eigenvalue weighted by molar-refractivity contribution is 0.106. The number of thiophene rings is 2. The van der Waals surface area contributed by atoms with Gasteiger partial charge in [-0.2, -0.15) is 21.0 Å². The van der Waals surface area contributed by atoms with Crippen LogP contribution in [0.5, 0.6) is 0 Å². The zero-order chi connectivity index (χ0) is 38.4. The number of carbonyl (C=O) groups is 2. The Bertz CT molecular complexity index is 2570. The van der Waals surface area contributed by atoms with Crippen LogP contribution >= 0.6 is 22.7 Å². The number of halogens is 4. The fraction of sp³-hybridized carbons (Fsp3) is 0.200. The number of rotatable bonds is 2. The highest BCUT2D eigenvalue weighted by Crippen LogP contribution is 2.64. The average molecular weight is 757 g/mol. The SMILES string of the molecule is CC1(C)CCC2(CC1)c1cc(N=C3C(=O)c4cc(F)c(F)cc4C3=C(C#N)C#N)sc1-c1sc(N=C3C(=O)c4cc(F)c(F)cc4C3=C(C#N)C#N)cc12. The van der Waals surface area contributed by atoms with Crippen molar-refractivity contribution < 1.29 is 27.2 Å². The molecule has 0 bridgehead atoms. The van der Waals surface area contributed by atoms with E-state index in [1.807, 2.05) is 12.1 Å². The number of hydrogen-bond donors (Lipinski definition) is 0. The summed E-state index contributed by atoms with van der Waals surface area (Å²) in [7, 11) is 0. The molecule has 2 aromatic heterocycles. The van der Waals surface area contributed by atoms with Crippen molar-refractivity contribution in [1.82, 2.24) is 0 Å². The van der Waals surface area contributed by atoms with Gasteiger partial charge in [-0.1, -0.05) is 13.8 Å². The third-order valence-corrected chi connectivity index (χ3v) is 12.8. The lowest BCUT2D eigenvalue weighted by Gasteiger charge is -2.42. The van der Waals surface area contributed by atoms with Crippen LogP contribution in [0.4, 0.5) is 27.6 Å². The second-order valence-corrected chi connectivity index (χ2v) is 16.1. The summed E-state index contributed by atoms with van der Waals surface area (Å²) >= 11 is 2.47. The summed E-state index contributed by atoms with van der Waals surface area (Å²) in [5, 5.41) is 39.6. The van der Waals surface area contributed by atoms with Crippen molar-refractivity contribution >= 4 is 66.8 Å². The van der Waals surface area contributed by atoms with Gasteiger partial charge in [0.05, 0.1) is 9.75 Å². The van der Waals surface area contributed by atoms with E-state index >= 15 is 0 Å². The second-order valence-electron chi connectivity index (χ2n) is 14.1. The fourth-order valence-corrected chi connectivity index (χ4v) is 10.2. The summed E-state index contributed by atoms with van der Waals surface area (Å²) in [5.41, 5.74) is -1.15. The van der Waals surface area contributed by atoms with Gasteiger partial charge in [0.1, 0.15) is 56.8 Å². The number of aliphatic imine (C=N–C) groups is 2. The zero-order valence-corrected chi connectivity index (χ0v) is 29.8. The minimum absolute atomic E-state index is 0.0425. The molecular formula is C40H20F4N6O2S2. The van der Waals surface area contributed by atoms with Crippen molar-refractivity contribution in [2.75, 3.05) is 0 Å². The topological polar surface area (TPSA) is 154 Å². The van der Waals surface area contributed by atoms with Crippen LogP contribution in [0.25, 0.3) is 20.9 Å². The fourth-order valence-electron chi connectivity index (χ4n) is 7.79. The highest BCUT2D eigenvalue weighted by Gasteiger charge is 2.50. The Morgan fingerprint density at radius 3 is 1.30 bits per heavy atom. The normalized spacial score (nSPS) is 18.6. The molecule has 4 aliphatic carbocycles. The summed E-state index contributed by atoms with van der Waals surface area (Å²) in [5.74, 6) is -6.56. The average Bonchev–Trinajstić information content (AvgIpc) is 3.91. The van der Waals surface area contributed by atoms with Crippen LogP contribution in [0.2, 0.25) is 0 Å². The Labute approximate surface area is 312 Å². The van der Waals surface area contributed by atoms with Crippen LogP contribution in [0, 0.1) is 74.0 Å². The Morgan fingerprint density at radius 1 is 0.593 bits per heavy atom. The van der Waals surface area contributed by atoms with E-state index in [2.05, 4.69) is 23.8 Å². The molecule has 262 valence electrons. The molecule has 8 nitrogen and oxygen atoms in total. The second kappa shape index (κ2) is 12.1. The van der Waals surface area contributed by atoms with E-state index in [0.717, 1.165) is 70.8 Å². The van der Waals surface area contributed by atoms with Gasteiger partial charge < -0.3 is 0 Å². The van der Waals surface area contributed by atoms with Crippen molar-refractivity contribution in [3.63, 3.8) is 0 Å². The molecule has 14 heteroatoms. The lowest BCUT2D eigenvalue weighted by Crippen LogP contribution is -2.33. The van der Waals surface area contributed by atoms with Gasteiger partial charge in [0.15, 0.2) is 23.3 Å². The summed E-state index contributed by atoms with van der Waals surface area (Å²) in [6, 6.07) is 13.7. The Balaban J connectivity index is 1.29.